The number of unbranched alkanes of at least 4 members (excludes halogenated alkanes) is 2. The van der Waals surface area contributed by atoms with E-state index in [0.717, 1.165) is 59.6 Å². The molecule has 6 heteroatoms. The first-order valence-corrected chi connectivity index (χ1v) is 11.9. The molecule has 2 N–H and O–H groups in total. The number of aliphatic hydroxyl groups is 1. The van der Waals surface area contributed by atoms with E-state index >= 15 is 0 Å². The van der Waals surface area contributed by atoms with Crippen molar-refractivity contribution in [2.45, 2.75) is 66.7 Å². The minimum atomic E-state index is -0.237. The molecule has 0 fully saturated rings. The minimum Gasteiger partial charge on any atom is -0.400 e. The second kappa shape index (κ2) is 18.6. The van der Waals surface area contributed by atoms with E-state index in [9.17, 15) is 4.79 Å². The number of hydrogen-bond donors (Lipinski definition) is 2. The minimum absolute atomic E-state index is 0.00326. The molecule has 188 valence electrons. The number of hydrogen-bond acceptors (Lipinski definition) is 5. The molecule has 0 unspecified atom stereocenters. The van der Waals surface area contributed by atoms with Crippen molar-refractivity contribution in [2.75, 3.05) is 26.1 Å². The predicted molar refractivity (Wildman–Crippen MR) is 145 cm³/mol. The SMILES string of the molecule is C=C(/C=C(C)\C(=C/C)c1cc2cnc(NC(=O)COC)cc2cn1)CCCC.CCCC.CO. The maximum Gasteiger partial charge on any atom is 0.251 e. The number of pyridine rings is 2. The van der Waals surface area contributed by atoms with E-state index in [0.29, 0.717) is 5.82 Å². The summed E-state index contributed by atoms with van der Waals surface area (Å²) in [6.45, 7) is 14.8. The van der Waals surface area contributed by atoms with Gasteiger partial charge in [0.15, 0.2) is 0 Å². The molecule has 6 nitrogen and oxygen atoms in total. The maximum atomic E-state index is 11.6. The number of carbonyl (C=O) groups is 1. The fraction of sp³-hybridized carbons (Fsp3) is 0.464. The van der Waals surface area contributed by atoms with Crippen molar-refractivity contribution in [2.24, 2.45) is 0 Å². The molecule has 0 aromatic carbocycles. The summed E-state index contributed by atoms with van der Waals surface area (Å²) in [6.07, 6.45) is 13.7. The van der Waals surface area contributed by atoms with Gasteiger partial charge in [-0.25, -0.2) is 4.98 Å². The van der Waals surface area contributed by atoms with Crippen LogP contribution in [-0.2, 0) is 9.53 Å². The van der Waals surface area contributed by atoms with Gasteiger partial charge in [-0.15, -0.1) is 0 Å². The molecule has 0 aliphatic heterocycles. The molecule has 0 saturated carbocycles. The molecule has 0 saturated heterocycles. The Morgan fingerprint density at radius 2 is 1.71 bits per heavy atom. The highest BCUT2D eigenvalue weighted by molar-refractivity contribution is 5.94. The van der Waals surface area contributed by atoms with E-state index in [1.807, 2.05) is 19.1 Å². The van der Waals surface area contributed by atoms with Crippen LogP contribution in [0.25, 0.3) is 16.3 Å². The molecular weight excluding hydrogens is 426 g/mol. The number of ether oxygens (including phenoxy) is 1. The number of nitrogens with one attached hydrogen (secondary N) is 1. The van der Waals surface area contributed by atoms with Gasteiger partial charge in [0.25, 0.3) is 5.91 Å². The molecule has 0 radical (unpaired) electrons. The van der Waals surface area contributed by atoms with Crippen LogP contribution in [0, 0.1) is 0 Å². The van der Waals surface area contributed by atoms with Crippen LogP contribution in [0.1, 0.15) is 72.4 Å². The number of carbonyl (C=O) groups excluding carboxylic acids is 1. The van der Waals surface area contributed by atoms with Crippen LogP contribution in [0.2, 0.25) is 0 Å². The van der Waals surface area contributed by atoms with Crippen molar-refractivity contribution < 1.29 is 14.6 Å². The van der Waals surface area contributed by atoms with Crippen molar-refractivity contribution >= 4 is 28.1 Å². The summed E-state index contributed by atoms with van der Waals surface area (Å²) in [7, 11) is 2.48. The second-order valence-corrected chi connectivity index (χ2v) is 7.76. The monoisotopic (exact) mass is 469 g/mol. The lowest BCUT2D eigenvalue weighted by Gasteiger charge is -2.10. The third-order valence-corrected chi connectivity index (χ3v) is 4.91. The van der Waals surface area contributed by atoms with Gasteiger partial charge in [0, 0.05) is 37.4 Å². The van der Waals surface area contributed by atoms with E-state index in [2.05, 4.69) is 61.7 Å². The standard InChI is InChI=1S/C23H29N3O2.C4H10.CH4O/c1-6-8-9-16(3)10-17(4)20(7-2)21-11-18-14-25-22(12-19(18)13-24-21)26-23(27)15-28-5;1-3-4-2;1-2/h7,10-14H,3,6,8-9,15H2,1-2,4-5H3,(H,25,26,27);3-4H2,1-2H3;2H,1H3/b17-10-,20-7+;;. The van der Waals surface area contributed by atoms with Crippen LogP contribution in [0.15, 0.2) is 54.4 Å². The summed E-state index contributed by atoms with van der Waals surface area (Å²) in [4.78, 5) is 20.6. The van der Waals surface area contributed by atoms with E-state index < -0.39 is 0 Å². The van der Waals surface area contributed by atoms with E-state index in [-0.39, 0.29) is 12.5 Å². The Hall–Kier alpha value is -2.83. The van der Waals surface area contributed by atoms with Gasteiger partial charge >= 0.3 is 0 Å². The van der Waals surface area contributed by atoms with Crippen molar-refractivity contribution in [3.05, 3.63) is 60.1 Å². The summed E-state index contributed by atoms with van der Waals surface area (Å²) in [5.74, 6) is 0.248. The zero-order valence-electron chi connectivity index (χ0n) is 22.1. The van der Waals surface area contributed by atoms with Crippen LogP contribution in [-0.4, -0.2) is 41.8 Å². The van der Waals surface area contributed by atoms with Crippen LogP contribution in [0.5, 0.6) is 0 Å². The van der Waals surface area contributed by atoms with Crippen molar-refractivity contribution in [1.82, 2.24) is 9.97 Å². The highest BCUT2D eigenvalue weighted by atomic mass is 16.5. The first-order valence-electron chi connectivity index (χ1n) is 11.9. The molecule has 0 atom stereocenters. The number of rotatable bonds is 10. The Kier molecular flexibility index (Phi) is 17.0. The van der Waals surface area contributed by atoms with Crippen molar-refractivity contribution in [3.63, 3.8) is 0 Å². The summed E-state index contributed by atoms with van der Waals surface area (Å²) >= 11 is 0. The maximum absolute atomic E-state index is 11.6. The van der Waals surface area contributed by atoms with Gasteiger partial charge in [-0.3, -0.25) is 9.78 Å². The molecule has 2 aromatic heterocycles. The molecule has 34 heavy (non-hydrogen) atoms. The lowest BCUT2D eigenvalue weighted by molar-refractivity contribution is -0.119. The molecule has 0 aliphatic rings. The van der Waals surface area contributed by atoms with Gasteiger partial charge < -0.3 is 15.2 Å². The first kappa shape index (κ1) is 31.2. The molecule has 1 amide bonds. The topological polar surface area (TPSA) is 84.3 Å². The third kappa shape index (κ3) is 11.3. The Labute approximate surface area is 205 Å². The fourth-order valence-corrected chi connectivity index (χ4v) is 3.00. The molecule has 0 aliphatic carbocycles. The zero-order chi connectivity index (χ0) is 25.9. The number of fused-ring (bicyclic) bond motifs is 1. The predicted octanol–water partition coefficient (Wildman–Crippen LogP) is 6.73. The molecule has 2 rings (SSSR count). The van der Waals surface area contributed by atoms with Gasteiger partial charge in [0.1, 0.15) is 12.4 Å². The Morgan fingerprint density at radius 3 is 2.26 bits per heavy atom. The molecule has 2 heterocycles. The largest absolute Gasteiger partial charge is 0.400 e. The second-order valence-electron chi connectivity index (χ2n) is 7.76. The van der Waals surface area contributed by atoms with Crippen LogP contribution in [0.4, 0.5) is 5.82 Å². The van der Waals surface area contributed by atoms with E-state index in [1.54, 1.807) is 12.4 Å². The highest BCUT2D eigenvalue weighted by Crippen LogP contribution is 2.26. The fourth-order valence-electron chi connectivity index (χ4n) is 3.00. The van der Waals surface area contributed by atoms with E-state index in [4.69, 9.17) is 9.84 Å². The van der Waals surface area contributed by atoms with E-state index in [1.165, 1.54) is 20.0 Å². The summed E-state index contributed by atoms with van der Waals surface area (Å²) in [5.41, 5.74) is 4.26. The Bertz CT molecular complexity index is 947. The molecule has 0 spiro atoms. The lowest BCUT2D eigenvalue weighted by atomic mass is 9.98. The number of aromatic nitrogens is 2. The van der Waals surface area contributed by atoms with Gasteiger partial charge in [-0.1, -0.05) is 64.3 Å². The van der Waals surface area contributed by atoms with Crippen molar-refractivity contribution in [3.8, 4) is 0 Å². The lowest BCUT2D eigenvalue weighted by Crippen LogP contribution is -2.17. The average Bonchev–Trinajstić information content (AvgIpc) is 2.84. The Balaban J connectivity index is 0.00000164. The molecular formula is C28H43N3O3. The summed E-state index contributed by atoms with van der Waals surface area (Å²) in [6, 6.07) is 3.83. The normalized spacial score (nSPS) is 11.2. The number of aliphatic hydroxyl groups excluding tert-OH is 1. The quantitative estimate of drug-likeness (QED) is 0.377. The highest BCUT2D eigenvalue weighted by Gasteiger charge is 2.09. The van der Waals surface area contributed by atoms with Crippen LogP contribution >= 0.6 is 0 Å². The smallest absolute Gasteiger partial charge is 0.251 e. The van der Waals surface area contributed by atoms with Gasteiger partial charge in [0.05, 0.1) is 5.69 Å². The van der Waals surface area contributed by atoms with Crippen LogP contribution < -0.4 is 5.32 Å². The zero-order valence-corrected chi connectivity index (χ0v) is 22.1. The molecule has 0 bridgehead atoms. The first-order chi connectivity index (χ1) is 16.4. The third-order valence-electron chi connectivity index (χ3n) is 4.91. The average molecular weight is 470 g/mol. The van der Waals surface area contributed by atoms with Gasteiger partial charge in [0.2, 0.25) is 0 Å². The Morgan fingerprint density at radius 1 is 1.09 bits per heavy atom. The summed E-state index contributed by atoms with van der Waals surface area (Å²) in [5, 5.41) is 11.6. The number of allylic oxidation sites excluding steroid dienone is 5. The van der Waals surface area contributed by atoms with Crippen molar-refractivity contribution in [1.29, 1.82) is 0 Å². The van der Waals surface area contributed by atoms with Gasteiger partial charge in [-0.05, 0) is 50.0 Å². The number of anilines is 1. The molecule has 2 aromatic rings. The van der Waals surface area contributed by atoms with Crippen LogP contribution in [0.3, 0.4) is 0 Å². The summed E-state index contributed by atoms with van der Waals surface area (Å²) < 4.78 is 4.82. The number of methoxy groups -OCH3 is 1. The number of nitrogens with zero attached hydrogens (tertiary/aromatic N) is 2. The van der Waals surface area contributed by atoms with Gasteiger partial charge in [-0.2, -0.15) is 0 Å². The number of amides is 1.